The molecule has 1 aliphatic rings. The summed E-state index contributed by atoms with van der Waals surface area (Å²) in [6, 6.07) is 0. The molecule has 2 nitrogen and oxygen atoms in total. The van der Waals surface area contributed by atoms with E-state index in [4.69, 9.17) is 0 Å². The number of hydrogen-bond donors (Lipinski definition) is 0. The Bertz CT molecular complexity index is 332. The van der Waals surface area contributed by atoms with E-state index >= 15 is 0 Å². The smallest absolute Gasteiger partial charge is 0.172 e. The summed E-state index contributed by atoms with van der Waals surface area (Å²) in [6.45, 7) is 4.15. The summed E-state index contributed by atoms with van der Waals surface area (Å²) in [5.74, 6) is 0.445. The second-order valence-corrected chi connectivity index (χ2v) is 5.55. The number of hydrogen-bond acceptors (Lipinski definition) is 2. The van der Waals surface area contributed by atoms with E-state index in [9.17, 15) is 8.42 Å². The van der Waals surface area contributed by atoms with Crippen molar-refractivity contribution in [3.63, 3.8) is 0 Å². The topological polar surface area (TPSA) is 34.1 Å². The van der Waals surface area contributed by atoms with Crippen molar-refractivity contribution in [3.05, 3.63) is 22.6 Å². The van der Waals surface area contributed by atoms with E-state index in [2.05, 4.69) is 13.8 Å². The molecular weight excluding hydrogens is 172 g/mol. The average molecular weight is 186 g/mol. The summed E-state index contributed by atoms with van der Waals surface area (Å²) in [5, 5.41) is 0. The van der Waals surface area contributed by atoms with Crippen LogP contribution in [0, 0.1) is 5.92 Å². The van der Waals surface area contributed by atoms with Gasteiger partial charge in [-0.1, -0.05) is 25.5 Å². The van der Waals surface area contributed by atoms with Gasteiger partial charge in [0.1, 0.15) is 0 Å². The molecule has 0 bridgehead atoms. The third-order valence-corrected chi connectivity index (χ3v) is 3.31. The summed E-state index contributed by atoms with van der Waals surface area (Å²) in [6.07, 6.45) is 5.50. The molecule has 0 heterocycles. The summed E-state index contributed by atoms with van der Waals surface area (Å²) in [5.41, 5.74) is 1.20. The first-order valence-corrected chi connectivity index (χ1v) is 5.90. The van der Waals surface area contributed by atoms with Crippen LogP contribution >= 0.6 is 0 Å². The minimum atomic E-state index is -2.96. The van der Waals surface area contributed by atoms with E-state index in [0.717, 1.165) is 0 Å². The van der Waals surface area contributed by atoms with Gasteiger partial charge in [-0.25, -0.2) is 8.42 Å². The van der Waals surface area contributed by atoms with Crippen LogP contribution in [0.25, 0.3) is 0 Å². The fourth-order valence-electron chi connectivity index (χ4n) is 1.17. The molecule has 0 aromatic heterocycles. The largest absolute Gasteiger partial charge is 0.224 e. The van der Waals surface area contributed by atoms with Crippen molar-refractivity contribution in [2.75, 3.05) is 6.26 Å². The van der Waals surface area contributed by atoms with Crippen molar-refractivity contribution in [3.8, 4) is 0 Å². The van der Waals surface area contributed by atoms with Gasteiger partial charge in [-0.05, 0) is 12.0 Å². The van der Waals surface area contributed by atoms with Gasteiger partial charge >= 0.3 is 0 Å². The number of sulfone groups is 1. The van der Waals surface area contributed by atoms with Gasteiger partial charge in [-0.15, -0.1) is 0 Å². The van der Waals surface area contributed by atoms with Gasteiger partial charge in [0.15, 0.2) is 9.84 Å². The second kappa shape index (κ2) is 3.05. The minimum absolute atomic E-state index is 0.445. The maximum Gasteiger partial charge on any atom is 0.172 e. The van der Waals surface area contributed by atoms with Crippen LogP contribution in [0.4, 0.5) is 0 Å². The Kier molecular flexibility index (Phi) is 2.42. The highest BCUT2D eigenvalue weighted by molar-refractivity contribution is 7.94. The lowest BCUT2D eigenvalue weighted by atomic mass is 10.0. The second-order valence-electron chi connectivity index (χ2n) is 3.48. The van der Waals surface area contributed by atoms with Crippen LogP contribution in [-0.4, -0.2) is 14.7 Å². The molecule has 0 saturated carbocycles. The summed E-state index contributed by atoms with van der Waals surface area (Å²) in [4.78, 5) is 0.547. The third-order valence-electron chi connectivity index (χ3n) is 2.08. The summed E-state index contributed by atoms with van der Waals surface area (Å²) in [7, 11) is -2.96. The van der Waals surface area contributed by atoms with E-state index in [1.54, 1.807) is 6.08 Å². The normalized spacial score (nSPS) is 18.0. The highest BCUT2D eigenvalue weighted by atomic mass is 32.2. The van der Waals surface area contributed by atoms with Gasteiger partial charge in [0.2, 0.25) is 0 Å². The Morgan fingerprint density at radius 3 is 2.17 bits per heavy atom. The third kappa shape index (κ3) is 1.97. The molecule has 3 heteroatoms. The zero-order valence-corrected chi connectivity index (χ0v) is 8.48. The van der Waals surface area contributed by atoms with E-state index in [-0.39, 0.29) is 0 Å². The quantitative estimate of drug-likeness (QED) is 0.660. The maximum atomic E-state index is 11.1. The molecule has 0 atom stereocenters. The molecule has 0 N–H and O–H groups in total. The molecule has 0 fully saturated rings. The van der Waals surface area contributed by atoms with Crippen molar-refractivity contribution in [1.82, 2.24) is 0 Å². The molecule has 0 radical (unpaired) electrons. The highest BCUT2D eigenvalue weighted by Crippen LogP contribution is 2.27. The Labute approximate surface area is 73.9 Å². The average Bonchev–Trinajstić information content (AvgIpc) is 2.30. The summed E-state index contributed by atoms with van der Waals surface area (Å²) < 4.78 is 22.2. The first kappa shape index (κ1) is 9.52. The Morgan fingerprint density at radius 2 is 1.92 bits per heavy atom. The first-order valence-electron chi connectivity index (χ1n) is 4.01. The Morgan fingerprint density at radius 1 is 1.33 bits per heavy atom. The van der Waals surface area contributed by atoms with Crippen molar-refractivity contribution in [1.29, 1.82) is 0 Å². The Balaban J connectivity index is 2.76. The van der Waals surface area contributed by atoms with Gasteiger partial charge in [0.25, 0.3) is 0 Å². The van der Waals surface area contributed by atoms with Crippen LogP contribution in [0.15, 0.2) is 22.6 Å². The SMILES string of the molecule is CC(C)C1=CC=C(S(C)(=O)=O)C1. The molecule has 1 rings (SSSR count). The Hall–Kier alpha value is -0.570. The molecule has 0 spiro atoms. The van der Waals surface area contributed by atoms with E-state index in [0.29, 0.717) is 17.2 Å². The highest BCUT2D eigenvalue weighted by Gasteiger charge is 2.18. The lowest BCUT2D eigenvalue weighted by Gasteiger charge is -2.06. The number of rotatable bonds is 2. The lowest BCUT2D eigenvalue weighted by molar-refractivity contribution is 0.606. The molecule has 0 aromatic carbocycles. The molecular formula is C9H14O2S. The molecule has 12 heavy (non-hydrogen) atoms. The molecule has 1 aliphatic carbocycles. The van der Waals surface area contributed by atoms with E-state index < -0.39 is 9.84 Å². The van der Waals surface area contributed by atoms with Crippen molar-refractivity contribution < 1.29 is 8.42 Å². The van der Waals surface area contributed by atoms with Crippen LogP contribution in [0.1, 0.15) is 20.3 Å². The zero-order chi connectivity index (χ0) is 9.35. The van der Waals surface area contributed by atoms with Crippen molar-refractivity contribution in [2.45, 2.75) is 20.3 Å². The molecule has 0 saturated heterocycles. The molecule has 68 valence electrons. The lowest BCUT2D eigenvalue weighted by Crippen LogP contribution is -2.01. The zero-order valence-electron chi connectivity index (χ0n) is 7.66. The molecule has 0 amide bonds. The number of allylic oxidation sites excluding steroid dienone is 4. The van der Waals surface area contributed by atoms with Crippen molar-refractivity contribution in [2.24, 2.45) is 5.92 Å². The van der Waals surface area contributed by atoms with Crippen LogP contribution < -0.4 is 0 Å². The predicted octanol–water partition coefficient (Wildman–Crippen LogP) is 1.90. The van der Waals surface area contributed by atoms with Crippen LogP contribution in [0.3, 0.4) is 0 Å². The van der Waals surface area contributed by atoms with Crippen LogP contribution in [-0.2, 0) is 9.84 Å². The fraction of sp³-hybridized carbons (Fsp3) is 0.556. The fourth-order valence-corrected chi connectivity index (χ4v) is 1.91. The van der Waals surface area contributed by atoms with Crippen LogP contribution in [0.5, 0.6) is 0 Å². The van der Waals surface area contributed by atoms with Gasteiger partial charge in [-0.3, -0.25) is 0 Å². The van der Waals surface area contributed by atoms with Gasteiger partial charge in [0.05, 0.1) is 0 Å². The van der Waals surface area contributed by atoms with Crippen molar-refractivity contribution >= 4 is 9.84 Å². The molecule has 0 aromatic rings. The standard InChI is InChI=1S/C9H14O2S/c1-7(2)8-4-5-9(6-8)12(3,10)11/h4-5,7H,6H2,1-3H3. The predicted molar refractivity (Wildman–Crippen MR) is 50.5 cm³/mol. The van der Waals surface area contributed by atoms with Gasteiger partial charge in [0, 0.05) is 17.6 Å². The minimum Gasteiger partial charge on any atom is -0.224 e. The first-order chi connectivity index (χ1) is 5.41. The van der Waals surface area contributed by atoms with Gasteiger partial charge < -0.3 is 0 Å². The maximum absolute atomic E-state index is 11.1. The van der Waals surface area contributed by atoms with Gasteiger partial charge in [-0.2, -0.15) is 0 Å². The molecule has 0 aliphatic heterocycles. The summed E-state index contributed by atoms with van der Waals surface area (Å²) >= 11 is 0. The van der Waals surface area contributed by atoms with E-state index in [1.807, 2.05) is 6.08 Å². The van der Waals surface area contributed by atoms with Crippen LogP contribution in [0.2, 0.25) is 0 Å². The van der Waals surface area contributed by atoms with E-state index in [1.165, 1.54) is 11.8 Å². The monoisotopic (exact) mass is 186 g/mol. The molecule has 0 unspecified atom stereocenters.